The first-order chi connectivity index (χ1) is 9.36. The Labute approximate surface area is 115 Å². The van der Waals surface area contributed by atoms with Crippen molar-refractivity contribution in [3.05, 3.63) is 23.8 Å². The number of fused-ring (bicyclic) bond motifs is 1. The normalized spacial score (nSPS) is 22.8. The lowest BCUT2D eigenvalue weighted by molar-refractivity contribution is 0.308. The minimum absolute atomic E-state index is 0.798. The minimum atomic E-state index is 0.798. The summed E-state index contributed by atoms with van der Waals surface area (Å²) in [5.41, 5.74) is 2.74. The summed E-state index contributed by atoms with van der Waals surface area (Å²) in [6, 6.07) is 6.74. The van der Waals surface area contributed by atoms with Crippen molar-refractivity contribution in [2.24, 2.45) is 5.92 Å². The summed E-state index contributed by atoms with van der Waals surface area (Å²) in [5, 5.41) is 3.50. The van der Waals surface area contributed by atoms with Crippen LogP contribution in [0, 0.1) is 5.92 Å². The quantitative estimate of drug-likeness (QED) is 0.903. The largest absolute Gasteiger partial charge is 0.490 e. The van der Waals surface area contributed by atoms with Crippen LogP contribution in [-0.2, 0) is 6.42 Å². The van der Waals surface area contributed by atoms with E-state index in [0.29, 0.717) is 0 Å². The molecule has 1 aromatic rings. The van der Waals surface area contributed by atoms with E-state index in [2.05, 4.69) is 35.3 Å². The lowest BCUT2D eigenvalue weighted by Gasteiger charge is -2.31. The Bertz CT molecular complexity index is 427. The molecule has 1 saturated heterocycles. The first-order valence-electron chi connectivity index (χ1n) is 7.58. The van der Waals surface area contributed by atoms with Crippen LogP contribution in [0.5, 0.6) is 5.75 Å². The monoisotopic (exact) mass is 260 g/mol. The summed E-state index contributed by atoms with van der Waals surface area (Å²) in [7, 11) is 0. The van der Waals surface area contributed by atoms with E-state index in [1.807, 2.05) is 0 Å². The zero-order valence-electron chi connectivity index (χ0n) is 11.8. The van der Waals surface area contributed by atoms with Crippen LogP contribution in [0.25, 0.3) is 0 Å². The van der Waals surface area contributed by atoms with Crippen molar-refractivity contribution in [2.45, 2.75) is 26.2 Å². The molecule has 0 saturated carbocycles. The average Bonchev–Trinajstić information content (AvgIpc) is 2.47. The highest BCUT2D eigenvalue weighted by Crippen LogP contribution is 2.33. The molecule has 0 amide bonds. The smallest absolute Gasteiger partial charge is 0.142 e. The summed E-state index contributed by atoms with van der Waals surface area (Å²) >= 11 is 0. The van der Waals surface area contributed by atoms with Crippen molar-refractivity contribution >= 4 is 5.69 Å². The van der Waals surface area contributed by atoms with E-state index in [-0.39, 0.29) is 0 Å². The Morgan fingerprint density at radius 2 is 2.37 bits per heavy atom. The third-order valence-electron chi connectivity index (χ3n) is 4.29. The number of benzene rings is 1. The van der Waals surface area contributed by atoms with E-state index in [9.17, 15) is 0 Å². The maximum atomic E-state index is 5.75. The molecular weight excluding hydrogens is 236 g/mol. The third kappa shape index (κ3) is 2.86. The Balaban J connectivity index is 1.75. The van der Waals surface area contributed by atoms with Gasteiger partial charge in [-0.3, -0.25) is 0 Å². The van der Waals surface area contributed by atoms with Crippen LogP contribution in [0.2, 0.25) is 0 Å². The molecule has 0 aromatic heterocycles. The van der Waals surface area contributed by atoms with E-state index in [1.54, 1.807) is 0 Å². The highest BCUT2D eigenvalue weighted by atomic mass is 16.5. The van der Waals surface area contributed by atoms with E-state index < -0.39 is 0 Å². The highest BCUT2D eigenvalue weighted by molar-refractivity contribution is 5.61. The number of nitrogens with zero attached hydrogens (tertiary/aromatic N) is 1. The number of hydrogen-bond donors (Lipinski definition) is 1. The van der Waals surface area contributed by atoms with Gasteiger partial charge in [0.1, 0.15) is 12.4 Å². The fourth-order valence-electron chi connectivity index (χ4n) is 3.21. The first kappa shape index (κ1) is 12.8. The minimum Gasteiger partial charge on any atom is -0.490 e. The van der Waals surface area contributed by atoms with Gasteiger partial charge >= 0.3 is 0 Å². The molecule has 1 aromatic carbocycles. The number of likely N-dealkylation sites (N-methyl/N-ethyl adjacent to an activating group) is 1. The van der Waals surface area contributed by atoms with Crippen molar-refractivity contribution in [1.82, 2.24) is 5.32 Å². The first-order valence-corrected chi connectivity index (χ1v) is 7.58. The van der Waals surface area contributed by atoms with Gasteiger partial charge in [0.2, 0.25) is 0 Å². The van der Waals surface area contributed by atoms with E-state index in [4.69, 9.17) is 4.74 Å². The summed E-state index contributed by atoms with van der Waals surface area (Å²) in [5.74, 6) is 1.85. The summed E-state index contributed by atoms with van der Waals surface area (Å²) in [6.45, 7) is 7.46. The van der Waals surface area contributed by atoms with Gasteiger partial charge in [0.25, 0.3) is 0 Å². The number of hydrogen-bond acceptors (Lipinski definition) is 3. The molecule has 2 heterocycles. The molecule has 0 radical (unpaired) electrons. The van der Waals surface area contributed by atoms with Crippen LogP contribution < -0.4 is 15.0 Å². The van der Waals surface area contributed by atoms with Crippen LogP contribution in [-0.4, -0.2) is 32.8 Å². The van der Waals surface area contributed by atoms with Gasteiger partial charge in [0.05, 0.1) is 12.2 Å². The number of ether oxygens (including phenoxy) is 1. The SMILES string of the molecule is CCN1CCOc2ccc(CC3CCCNC3)cc21. The Kier molecular flexibility index (Phi) is 3.92. The fraction of sp³-hybridized carbons (Fsp3) is 0.625. The van der Waals surface area contributed by atoms with Crippen molar-refractivity contribution in [2.75, 3.05) is 37.7 Å². The molecule has 0 bridgehead atoms. The van der Waals surface area contributed by atoms with Gasteiger partial charge in [-0.25, -0.2) is 0 Å². The fourth-order valence-corrected chi connectivity index (χ4v) is 3.21. The molecule has 1 fully saturated rings. The molecular formula is C16H24N2O. The molecule has 3 nitrogen and oxygen atoms in total. The third-order valence-corrected chi connectivity index (χ3v) is 4.29. The van der Waals surface area contributed by atoms with Crippen LogP contribution in [0.15, 0.2) is 18.2 Å². The van der Waals surface area contributed by atoms with Gasteiger partial charge in [0.15, 0.2) is 0 Å². The van der Waals surface area contributed by atoms with Crippen molar-refractivity contribution < 1.29 is 4.74 Å². The molecule has 1 unspecified atom stereocenters. The van der Waals surface area contributed by atoms with Crippen LogP contribution in [0.4, 0.5) is 5.69 Å². The van der Waals surface area contributed by atoms with E-state index >= 15 is 0 Å². The van der Waals surface area contributed by atoms with Crippen LogP contribution in [0.3, 0.4) is 0 Å². The predicted octanol–water partition coefficient (Wildman–Crippen LogP) is 2.45. The molecule has 19 heavy (non-hydrogen) atoms. The maximum absolute atomic E-state index is 5.75. The molecule has 1 atom stereocenters. The molecule has 0 spiro atoms. The van der Waals surface area contributed by atoms with Gasteiger partial charge in [-0.05, 0) is 62.9 Å². The maximum Gasteiger partial charge on any atom is 0.142 e. The second-order valence-corrected chi connectivity index (χ2v) is 5.65. The molecule has 1 N–H and O–H groups in total. The predicted molar refractivity (Wildman–Crippen MR) is 79.1 cm³/mol. The molecule has 2 aliphatic rings. The summed E-state index contributed by atoms with van der Waals surface area (Å²) in [4.78, 5) is 2.42. The average molecular weight is 260 g/mol. The zero-order valence-corrected chi connectivity index (χ0v) is 11.8. The van der Waals surface area contributed by atoms with Crippen LogP contribution in [0.1, 0.15) is 25.3 Å². The lowest BCUT2D eigenvalue weighted by Crippen LogP contribution is -2.33. The number of piperidine rings is 1. The molecule has 0 aliphatic carbocycles. The number of anilines is 1. The van der Waals surface area contributed by atoms with Gasteiger partial charge in [-0.15, -0.1) is 0 Å². The second-order valence-electron chi connectivity index (χ2n) is 5.65. The van der Waals surface area contributed by atoms with Crippen molar-refractivity contribution in [3.8, 4) is 5.75 Å². The second kappa shape index (κ2) is 5.83. The standard InChI is InChI=1S/C16H24N2O/c1-2-18-8-9-19-16-6-5-13(11-15(16)18)10-14-4-3-7-17-12-14/h5-6,11,14,17H,2-4,7-10,12H2,1H3. The van der Waals surface area contributed by atoms with Gasteiger partial charge < -0.3 is 15.0 Å². The van der Waals surface area contributed by atoms with Crippen LogP contribution >= 0.6 is 0 Å². The Morgan fingerprint density at radius 1 is 1.42 bits per heavy atom. The topological polar surface area (TPSA) is 24.5 Å². The summed E-state index contributed by atoms with van der Waals surface area (Å²) in [6.07, 6.45) is 3.87. The molecule has 3 heteroatoms. The van der Waals surface area contributed by atoms with Gasteiger partial charge in [-0.1, -0.05) is 6.07 Å². The highest BCUT2D eigenvalue weighted by Gasteiger charge is 2.19. The van der Waals surface area contributed by atoms with E-state index in [1.165, 1.54) is 43.6 Å². The summed E-state index contributed by atoms with van der Waals surface area (Å²) < 4.78 is 5.75. The van der Waals surface area contributed by atoms with E-state index in [0.717, 1.165) is 31.4 Å². The van der Waals surface area contributed by atoms with Gasteiger partial charge in [0, 0.05) is 6.54 Å². The number of rotatable bonds is 3. The molecule has 104 valence electrons. The Hall–Kier alpha value is -1.22. The molecule has 2 aliphatic heterocycles. The van der Waals surface area contributed by atoms with Crippen molar-refractivity contribution in [3.63, 3.8) is 0 Å². The zero-order chi connectivity index (χ0) is 13.1. The molecule has 3 rings (SSSR count). The van der Waals surface area contributed by atoms with Gasteiger partial charge in [-0.2, -0.15) is 0 Å². The number of nitrogens with one attached hydrogen (secondary N) is 1. The Morgan fingerprint density at radius 3 is 3.16 bits per heavy atom. The lowest BCUT2D eigenvalue weighted by atomic mass is 9.92. The van der Waals surface area contributed by atoms with Crippen molar-refractivity contribution in [1.29, 1.82) is 0 Å².